The maximum Gasteiger partial charge on any atom is 0.329 e. The maximum absolute atomic E-state index is 12.8. The van der Waals surface area contributed by atoms with Gasteiger partial charge in [0.25, 0.3) is 0 Å². The standard InChI is InChI=1S/C21H24N4O3/c1-21(2,19(26)27)13-14-3-7-16(8-4-14)24-11-12-25(20(24)28)17-9-5-15(6-10-17)18(22)23/h3-10H,11-13H2,1-2H3,(H3,22,23)(H,26,27). The first-order valence-electron chi connectivity index (χ1n) is 9.05. The Kier molecular flexibility index (Phi) is 5.09. The van der Waals surface area contributed by atoms with Gasteiger partial charge in [0.15, 0.2) is 0 Å². The van der Waals surface area contributed by atoms with Crippen molar-refractivity contribution >= 4 is 29.2 Å². The lowest BCUT2D eigenvalue weighted by molar-refractivity contribution is -0.146. The van der Waals surface area contributed by atoms with E-state index < -0.39 is 11.4 Å². The van der Waals surface area contributed by atoms with Crippen molar-refractivity contribution in [1.29, 1.82) is 5.41 Å². The number of nitrogens with two attached hydrogens (primary N) is 1. The summed E-state index contributed by atoms with van der Waals surface area (Å²) in [4.78, 5) is 27.5. The highest BCUT2D eigenvalue weighted by atomic mass is 16.4. The topological polar surface area (TPSA) is 111 Å². The second kappa shape index (κ2) is 7.34. The van der Waals surface area contributed by atoms with Gasteiger partial charge in [-0.15, -0.1) is 0 Å². The zero-order valence-corrected chi connectivity index (χ0v) is 16.0. The fourth-order valence-electron chi connectivity index (χ4n) is 3.22. The van der Waals surface area contributed by atoms with Crippen LogP contribution in [0.3, 0.4) is 0 Å². The number of carbonyl (C=O) groups excluding carboxylic acids is 1. The van der Waals surface area contributed by atoms with Crippen molar-refractivity contribution in [3.63, 3.8) is 0 Å². The van der Waals surface area contributed by atoms with E-state index >= 15 is 0 Å². The molecule has 0 spiro atoms. The fourth-order valence-corrected chi connectivity index (χ4v) is 3.22. The highest BCUT2D eigenvalue weighted by Gasteiger charge is 2.31. The molecule has 0 unspecified atom stereocenters. The molecule has 0 bridgehead atoms. The molecule has 4 N–H and O–H groups in total. The molecule has 1 heterocycles. The Bertz CT molecular complexity index is 904. The SMILES string of the molecule is CC(C)(Cc1ccc(N2CCN(c3ccc(C(=N)N)cc3)C2=O)cc1)C(=O)O. The van der Waals surface area contributed by atoms with Crippen LogP contribution in [0.5, 0.6) is 0 Å². The molecule has 0 saturated carbocycles. The van der Waals surface area contributed by atoms with Gasteiger partial charge in [-0.25, -0.2) is 4.79 Å². The predicted octanol–water partition coefficient (Wildman–Crippen LogP) is 3.07. The fraction of sp³-hybridized carbons (Fsp3) is 0.286. The molecule has 2 aromatic carbocycles. The van der Waals surface area contributed by atoms with Crippen LogP contribution in [0.25, 0.3) is 0 Å². The van der Waals surface area contributed by atoms with Crippen molar-refractivity contribution in [1.82, 2.24) is 0 Å². The molecule has 28 heavy (non-hydrogen) atoms. The van der Waals surface area contributed by atoms with Gasteiger partial charge >= 0.3 is 12.0 Å². The van der Waals surface area contributed by atoms with Crippen molar-refractivity contribution in [3.05, 3.63) is 59.7 Å². The van der Waals surface area contributed by atoms with Gasteiger partial charge in [0.2, 0.25) is 0 Å². The third-order valence-corrected chi connectivity index (χ3v) is 4.97. The van der Waals surface area contributed by atoms with Crippen LogP contribution in [0.2, 0.25) is 0 Å². The summed E-state index contributed by atoms with van der Waals surface area (Å²) in [7, 11) is 0. The van der Waals surface area contributed by atoms with Gasteiger partial charge in [-0.1, -0.05) is 12.1 Å². The Labute approximate surface area is 163 Å². The van der Waals surface area contributed by atoms with Gasteiger partial charge in [-0.3, -0.25) is 20.0 Å². The number of benzene rings is 2. The molecular weight excluding hydrogens is 356 g/mol. The minimum absolute atomic E-state index is 0.00732. The summed E-state index contributed by atoms with van der Waals surface area (Å²) >= 11 is 0. The van der Waals surface area contributed by atoms with E-state index in [1.165, 1.54) is 0 Å². The second-order valence-corrected chi connectivity index (χ2v) is 7.58. The molecule has 7 heteroatoms. The molecule has 2 aromatic rings. The summed E-state index contributed by atoms with van der Waals surface area (Å²) in [6, 6.07) is 14.4. The maximum atomic E-state index is 12.8. The molecule has 1 aliphatic heterocycles. The number of rotatable bonds is 6. The number of carboxylic acids is 1. The minimum Gasteiger partial charge on any atom is -0.481 e. The minimum atomic E-state index is -0.839. The zero-order chi connectivity index (χ0) is 20.5. The Balaban J connectivity index is 1.72. The molecule has 1 aliphatic rings. The number of nitrogens with one attached hydrogen (secondary N) is 1. The van der Waals surface area contributed by atoms with E-state index in [4.69, 9.17) is 11.1 Å². The average Bonchev–Trinajstić information content (AvgIpc) is 3.03. The van der Waals surface area contributed by atoms with Crippen LogP contribution in [-0.4, -0.2) is 36.0 Å². The summed E-state index contributed by atoms with van der Waals surface area (Å²) < 4.78 is 0. The van der Waals surface area contributed by atoms with Gasteiger partial charge in [-0.2, -0.15) is 0 Å². The normalized spacial score (nSPS) is 14.4. The smallest absolute Gasteiger partial charge is 0.329 e. The molecule has 7 nitrogen and oxygen atoms in total. The monoisotopic (exact) mass is 380 g/mol. The van der Waals surface area contributed by atoms with Gasteiger partial charge < -0.3 is 10.8 Å². The number of anilines is 2. The van der Waals surface area contributed by atoms with E-state index in [-0.39, 0.29) is 11.9 Å². The largest absolute Gasteiger partial charge is 0.481 e. The van der Waals surface area contributed by atoms with Crippen molar-refractivity contribution in [3.8, 4) is 0 Å². The van der Waals surface area contributed by atoms with Gasteiger partial charge in [-0.05, 0) is 62.2 Å². The van der Waals surface area contributed by atoms with Crippen molar-refractivity contribution in [2.24, 2.45) is 11.1 Å². The van der Waals surface area contributed by atoms with Gasteiger partial charge in [0, 0.05) is 30.0 Å². The average molecular weight is 380 g/mol. The van der Waals surface area contributed by atoms with Crippen LogP contribution in [0.15, 0.2) is 48.5 Å². The summed E-state index contributed by atoms with van der Waals surface area (Å²) in [6.45, 7) is 4.52. The Morgan fingerprint density at radius 1 is 1.04 bits per heavy atom. The number of aliphatic carboxylic acids is 1. The quantitative estimate of drug-likeness (QED) is 0.528. The summed E-state index contributed by atoms with van der Waals surface area (Å²) in [5.41, 5.74) is 7.71. The zero-order valence-electron chi connectivity index (χ0n) is 16.0. The van der Waals surface area contributed by atoms with Crippen LogP contribution in [-0.2, 0) is 11.2 Å². The predicted molar refractivity (Wildman–Crippen MR) is 109 cm³/mol. The number of nitrogen functional groups attached to an aromatic ring is 1. The van der Waals surface area contributed by atoms with Crippen LogP contribution < -0.4 is 15.5 Å². The lowest BCUT2D eigenvalue weighted by atomic mass is 9.86. The summed E-state index contributed by atoms with van der Waals surface area (Å²) in [5, 5.41) is 16.7. The molecular formula is C21H24N4O3. The molecule has 146 valence electrons. The van der Waals surface area contributed by atoms with Gasteiger partial charge in [0.1, 0.15) is 5.84 Å². The number of urea groups is 1. The van der Waals surface area contributed by atoms with E-state index in [9.17, 15) is 14.7 Å². The number of hydrogen-bond donors (Lipinski definition) is 3. The van der Waals surface area contributed by atoms with Crippen LogP contribution >= 0.6 is 0 Å². The number of carbonyl (C=O) groups is 2. The van der Waals surface area contributed by atoms with Crippen LogP contribution in [0, 0.1) is 10.8 Å². The Morgan fingerprint density at radius 2 is 1.50 bits per heavy atom. The lowest BCUT2D eigenvalue weighted by Gasteiger charge is -2.21. The molecule has 0 radical (unpaired) electrons. The van der Waals surface area contributed by atoms with Crippen molar-refractivity contribution in [2.75, 3.05) is 22.9 Å². The molecule has 1 saturated heterocycles. The number of nitrogens with zero attached hydrogens (tertiary/aromatic N) is 2. The van der Waals surface area contributed by atoms with E-state index in [0.717, 1.165) is 16.9 Å². The van der Waals surface area contributed by atoms with E-state index in [0.29, 0.717) is 25.1 Å². The number of amidine groups is 1. The Hall–Kier alpha value is -3.35. The van der Waals surface area contributed by atoms with E-state index in [2.05, 4.69) is 0 Å². The molecule has 3 rings (SSSR count). The van der Waals surface area contributed by atoms with E-state index in [1.54, 1.807) is 47.9 Å². The summed E-state index contributed by atoms with van der Waals surface area (Å²) in [5.74, 6) is -0.843. The van der Waals surface area contributed by atoms with Crippen molar-refractivity contribution < 1.29 is 14.7 Å². The third kappa shape index (κ3) is 3.83. The third-order valence-electron chi connectivity index (χ3n) is 4.97. The Morgan fingerprint density at radius 3 is 1.93 bits per heavy atom. The molecule has 0 atom stereocenters. The number of hydrogen-bond acceptors (Lipinski definition) is 3. The first kappa shape index (κ1) is 19.4. The summed E-state index contributed by atoms with van der Waals surface area (Å²) in [6.07, 6.45) is 0.422. The highest BCUT2D eigenvalue weighted by Crippen LogP contribution is 2.27. The van der Waals surface area contributed by atoms with E-state index in [1.807, 2.05) is 24.3 Å². The first-order valence-corrected chi connectivity index (χ1v) is 9.05. The number of amides is 2. The lowest BCUT2D eigenvalue weighted by Crippen LogP contribution is -2.31. The second-order valence-electron chi connectivity index (χ2n) is 7.58. The first-order chi connectivity index (χ1) is 13.2. The van der Waals surface area contributed by atoms with Crippen LogP contribution in [0.4, 0.5) is 16.2 Å². The van der Waals surface area contributed by atoms with Crippen LogP contribution in [0.1, 0.15) is 25.0 Å². The van der Waals surface area contributed by atoms with Gasteiger partial charge in [0.05, 0.1) is 5.41 Å². The highest BCUT2D eigenvalue weighted by molar-refractivity contribution is 6.06. The molecule has 0 aromatic heterocycles. The molecule has 2 amide bonds. The molecule has 1 fully saturated rings. The van der Waals surface area contributed by atoms with Crippen molar-refractivity contribution in [2.45, 2.75) is 20.3 Å². The number of carboxylic acid groups (broad SMARTS) is 1. The molecule has 0 aliphatic carbocycles.